The van der Waals surface area contributed by atoms with Gasteiger partial charge in [-0.25, -0.2) is 13.2 Å². The van der Waals surface area contributed by atoms with Crippen LogP contribution in [0.4, 0.5) is 5.69 Å². The van der Waals surface area contributed by atoms with Gasteiger partial charge < -0.3 is 24.3 Å². The summed E-state index contributed by atoms with van der Waals surface area (Å²) >= 11 is 0. The van der Waals surface area contributed by atoms with Crippen molar-refractivity contribution in [2.24, 2.45) is 0 Å². The number of carbonyl (C=O) groups excluding carboxylic acids is 1. The second kappa shape index (κ2) is 18.3. The Bertz CT molecular complexity index is 1110. The highest BCUT2D eigenvalue weighted by Gasteiger charge is 2.10. The molecule has 9 heteroatoms. The van der Waals surface area contributed by atoms with Gasteiger partial charge >= 0.3 is 5.97 Å². The Hall–Kier alpha value is -3.04. The van der Waals surface area contributed by atoms with Crippen LogP contribution in [0, 0.1) is 0 Å². The summed E-state index contributed by atoms with van der Waals surface area (Å²) in [5, 5.41) is 3.00. The van der Waals surface area contributed by atoms with Crippen molar-refractivity contribution in [2.75, 3.05) is 50.0 Å². The number of anilines is 1. The number of nitrogens with one attached hydrogen (secondary N) is 1. The Morgan fingerprint density at radius 3 is 2.33 bits per heavy atom. The zero-order chi connectivity index (χ0) is 28.3. The predicted molar refractivity (Wildman–Crippen MR) is 156 cm³/mol. The standard InChI is InChI=1S/C30H43NO7S/c1-4-7-18-36-29-23-26(12-16-30(32)38-21-20-35-6-3)11-15-28(29)37-19-17-25-9-13-27(14-10-25)31-24-39(33,34)22-8-5-2/h9-16,23,31H,4-8,17-22,24H2,1-3H3/b16-12-. The van der Waals surface area contributed by atoms with Crippen molar-refractivity contribution in [2.45, 2.75) is 52.9 Å². The highest BCUT2D eigenvalue weighted by molar-refractivity contribution is 7.91. The van der Waals surface area contributed by atoms with Crippen molar-refractivity contribution in [3.63, 3.8) is 0 Å². The van der Waals surface area contributed by atoms with Crippen LogP contribution in [0.1, 0.15) is 57.6 Å². The summed E-state index contributed by atoms with van der Waals surface area (Å²) in [7, 11) is -3.10. The van der Waals surface area contributed by atoms with Gasteiger partial charge in [0.2, 0.25) is 0 Å². The van der Waals surface area contributed by atoms with E-state index in [0.29, 0.717) is 50.8 Å². The highest BCUT2D eigenvalue weighted by Crippen LogP contribution is 2.29. The lowest BCUT2D eigenvalue weighted by Crippen LogP contribution is -2.17. The molecule has 0 bridgehead atoms. The third kappa shape index (κ3) is 13.5. The topological polar surface area (TPSA) is 100 Å². The average molecular weight is 562 g/mol. The van der Waals surface area contributed by atoms with Crippen LogP contribution >= 0.6 is 0 Å². The van der Waals surface area contributed by atoms with E-state index in [9.17, 15) is 13.2 Å². The predicted octanol–water partition coefficient (Wildman–Crippen LogP) is 5.66. The van der Waals surface area contributed by atoms with Crippen molar-refractivity contribution < 1.29 is 32.2 Å². The summed E-state index contributed by atoms with van der Waals surface area (Å²) in [5.74, 6) is 0.978. The molecule has 0 aliphatic carbocycles. The number of ether oxygens (including phenoxy) is 4. The highest BCUT2D eigenvalue weighted by atomic mass is 32.2. The molecule has 0 unspecified atom stereocenters. The quantitative estimate of drug-likeness (QED) is 0.126. The van der Waals surface area contributed by atoms with Gasteiger partial charge in [-0.1, -0.05) is 44.9 Å². The Morgan fingerprint density at radius 2 is 1.62 bits per heavy atom. The van der Waals surface area contributed by atoms with Crippen molar-refractivity contribution in [3.8, 4) is 11.5 Å². The van der Waals surface area contributed by atoms with E-state index in [2.05, 4.69) is 12.2 Å². The van der Waals surface area contributed by atoms with Gasteiger partial charge in [0.25, 0.3) is 0 Å². The molecule has 2 aromatic carbocycles. The van der Waals surface area contributed by atoms with Crippen molar-refractivity contribution >= 4 is 27.6 Å². The molecule has 0 saturated heterocycles. The molecule has 0 saturated carbocycles. The first-order valence-corrected chi connectivity index (χ1v) is 15.5. The molecule has 0 atom stereocenters. The molecule has 2 aromatic rings. The lowest BCUT2D eigenvalue weighted by Gasteiger charge is -2.14. The van der Waals surface area contributed by atoms with E-state index in [4.69, 9.17) is 18.9 Å². The molecule has 0 aliphatic rings. The first-order valence-electron chi connectivity index (χ1n) is 13.7. The minimum absolute atomic E-state index is 0.0590. The van der Waals surface area contributed by atoms with E-state index in [1.807, 2.05) is 56.3 Å². The molecule has 0 radical (unpaired) electrons. The second-order valence-corrected chi connectivity index (χ2v) is 11.2. The fourth-order valence-corrected chi connectivity index (χ4v) is 4.70. The number of carbonyl (C=O) groups is 1. The summed E-state index contributed by atoms with van der Waals surface area (Å²) in [6, 6.07) is 13.2. The monoisotopic (exact) mass is 561 g/mol. The minimum atomic E-state index is -3.10. The Labute approximate surface area is 233 Å². The summed E-state index contributed by atoms with van der Waals surface area (Å²) in [4.78, 5) is 11.9. The average Bonchev–Trinajstić information content (AvgIpc) is 2.94. The molecule has 0 spiro atoms. The molecule has 0 aromatic heterocycles. The number of sulfone groups is 1. The van der Waals surface area contributed by atoms with Gasteiger partial charge in [-0.3, -0.25) is 0 Å². The second-order valence-electron chi connectivity index (χ2n) is 9.02. The number of hydrogen-bond acceptors (Lipinski definition) is 8. The normalized spacial score (nSPS) is 11.5. The maximum atomic E-state index is 12.0. The summed E-state index contributed by atoms with van der Waals surface area (Å²) < 4.78 is 46.4. The minimum Gasteiger partial charge on any atom is -0.490 e. The molecule has 0 amide bonds. The van der Waals surface area contributed by atoms with Crippen LogP contribution in [0.3, 0.4) is 0 Å². The Balaban J connectivity index is 1.91. The number of rotatable bonds is 20. The lowest BCUT2D eigenvalue weighted by atomic mass is 10.1. The molecule has 8 nitrogen and oxygen atoms in total. The van der Waals surface area contributed by atoms with E-state index in [0.717, 1.165) is 36.1 Å². The van der Waals surface area contributed by atoms with Gasteiger partial charge in [0.15, 0.2) is 21.3 Å². The van der Waals surface area contributed by atoms with E-state index in [1.54, 1.807) is 6.08 Å². The van der Waals surface area contributed by atoms with E-state index < -0.39 is 15.8 Å². The van der Waals surface area contributed by atoms with Crippen LogP contribution in [0.15, 0.2) is 48.5 Å². The first kappa shape index (κ1) is 32.2. The van der Waals surface area contributed by atoms with Gasteiger partial charge in [-0.2, -0.15) is 0 Å². The number of unbranched alkanes of at least 4 members (excludes halogenated alkanes) is 2. The molecular formula is C30H43NO7S. The van der Waals surface area contributed by atoms with Gasteiger partial charge in [0.05, 0.1) is 25.6 Å². The maximum absolute atomic E-state index is 12.0. The smallest absolute Gasteiger partial charge is 0.330 e. The summed E-state index contributed by atoms with van der Waals surface area (Å²) in [6.07, 6.45) is 7.22. The van der Waals surface area contributed by atoms with Crippen molar-refractivity contribution in [3.05, 3.63) is 59.7 Å². The fraction of sp³-hybridized carbons (Fsp3) is 0.500. The third-order valence-corrected chi connectivity index (χ3v) is 7.21. The van der Waals surface area contributed by atoms with Crippen LogP contribution in [0.25, 0.3) is 6.08 Å². The maximum Gasteiger partial charge on any atom is 0.330 e. The van der Waals surface area contributed by atoms with E-state index in [1.165, 1.54) is 6.08 Å². The zero-order valence-corrected chi connectivity index (χ0v) is 24.3. The van der Waals surface area contributed by atoms with Crippen LogP contribution < -0.4 is 14.8 Å². The number of hydrogen-bond donors (Lipinski definition) is 1. The fourth-order valence-electron chi connectivity index (χ4n) is 3.44. The van der Waals surface area contributed by atoms with Gasteiger partial charge in [-0.15, -0.1) is 0 Å². The molecule has 216 valence electrons. The molecule has 0 fully saturated rings. The van der Waals surface area contributed by atoms with Crippen LogP contribution in [-0.4, -0.2) is 59.1 Å². The van der Waals surface area contributed by atoms with Gasteiger partial charge in [0.1, 0.15) is 12.5 Å². The molecule has 0 aliphatic heterocycles. The van der Waals surface area contributed by atoms with Crippen molar-refractivity contribution in [1.82, 2.24) is 0 Å². The Kier molecular flexibility index (Phi) is 15.1. The molecule has 1 N–H and O–H groups in total. The van der Waals surface area contributed by atoms with Crippen LogP contribution in [0.2, 0.25) is 0 Å². The van der Waals surface area contributed by atoms with Crippen LogP contribution in [-0.2, 0) is 30.5 Å². The molecule has 2 rings (SSSR count). The number of benzene rings is 2. The zero-order valence-electron chi connectivity index (χ0n) is 23.4. The van der Waals surface area contributed by atoms with E-state index in [-0.39, 0.29) is 18.2 Å². The van der Waals surface area contributed by atoms with Crippen molar-refractivity contribution in [1.29, 1.82) is 0 Å². The summed E-state index contributed by atoms with van der Waals surface area (Å²) in [5.41, 5.74) is 2.65. The molecular weight excluding hydrogens is 518 g/mol. The first-order chi connectivity index (χ1) is 18.9. The number of esters is 1. The van der Waals surface area contributed by atoms with E-state index >= 15 is 0 Å². The molecule has 39 heavy (non-hydrogen) atoms. The van der Waals surface area contributed by atoms with Crippen LogP contribution in [0.5, 0.6) is 11.5 Å². The lowest BCUT2D eigenvalue weighted by molar-refractivity contribution is -0.139. The summed E-state index contributed by atoms with van der Waals surface area (Å²) in [6.45, 7) is 8.16. The third-order valence-electron chi connectivity index (χ3n) is 5.72. The van der Waals surface area contributed by atoms with Gasteiger partial charge in [0, 0.05) is 24.8 Å². The van der Waals surface area contributed by atoms with Gasteiger partial charge in [-0.05, 0) is 61.2 Å². The largest absolute Gasteiger partial charge is 0.490 e. The Morgan fingerprint density at radius 1 is 0.872 bits per heavy atom. The molecule has 0 heterocycles. The SMILES string of the molecule is CCCCOc1cc(/C=C\C(=O)OCCOCC)ccc1OCCc1ccc(NCS(=O)(=O)CCCC)cc1.